The van der Waals surface area contributed by atoms with E-state index >= 15 is 0 Å². The number of rotatable bonds is 3. The van der Waals surface area contributed by atoms with Gasteiger partial charge in [-0.15, -0.1) is 0 Å². The lowest BCUT2D eigenvalue weighted by molar-refractivity contribution is 0.0821. The van der Waals surface area contributed by atoms with Crippen molar-refractivity contribution in [2.24, 2.45) is 0 Å². The van der Waals surface area contributed by atoms with Crippen LogP contribution in [0.25, 0.3) is 0 Å². The molecule has 0 fully saturated rings. The Hall–Kier alpha value is -0.0500. The Morgan fingerprint density at radius 3 is 2.62 bits per heavy atom. The van der Waals surface area contributed by atoms with Crippen molar-refractivity contribution in [2.45, 2.75) is 6.10 Å². The Morgan fingerprint density at radius 1 is 1.88 bits per heavy atom. The Kier molecular flexibility index (Phi) is 5.06. The fourth-order valence-corrected chi connectivity index (χ4v) is 0.457. The largest absolute Gasteiger partial charge is 0.393 e. The van der Waals surface area contributed by atoms with E-state index in [-0.39, 0.29) is 12.7 Å². The van der Waals surface area contributed by atoms with Crippen LogP contribution in [-0.4, -0.2) is 24.9 Å². The van der Waals surface area contributed by atoms with E-state index in [4.69, 9.17) is 21.4 Å². The summed E-state index contributed by atoms with van der Waals surface area (Å²) in [7, 11) is 1.51. The summed E-state index contributed by atoms with van der Waals surface area (Å²) in [5.41, 5.74) is 1.32. The van der Waals surface area contributed by atoms with Crippen LogP contribution in [0, 0.1) is 0 Å². The summed E-state index contributed by atoms with van der Waals surface area (Å²) in [5, 5.41) is 8.42. The molecule has 0 radical (unpaired) electrons. The summed E-state index contributed by atoms with van der Waals surface area (Å²) in [6.45, 7) is -0.0281. The van der Waals surface area contributed by atoms with Gasteiger partial charge in [-0.25, -0.2) is 0 Å². The lowest BCUT2D eigenvalue weighted by Gasteiger charge is -2.03. The molecule has 0 aromatic carbocycles. The van der Waals surface area contributed by atoms with E-state index in [1.54, 1.807) is 6.08 Å². The number of halogens is 1. The Bertz CT molecular complexity index is 68.8. The number of ether oxygens (including phenoxy) is 1. The zero-order valence-electron chi connectivity index (χ0n) is 4.67. The van der Waals surface area contributed by atoms with Crippen molar-refractivity contribution in [1.29, 1.82) is 0 Å². The molecule has 0 spiro atoms. The predicted molar refractivity (Wildman–Crippen MR) is 32.9 cm³/mol. The number of hydrogen-bond acceptors (Lipinski definition) is 2. The molecule has 0 heterocycles. The topological polar surface area (TPSA) is 29.5 Å². The van der Waals surface area contributed by atoms with Gasteiger partial charge in [0.15, 0.2) is 0 Å². The molecule has 2 nitrogen and oxygen atoms in total. The van der Waals surface area contributed by atoms with Crippen LogP contribution in [0.2, 0.25) is 0 Å². The molecule has 8 heavy (non-hydrogen) atoms. The van der Waals surface area contributed by atoms with Gasteiger partial charge in [0, 0.05) is 12.6 Å². The average molecular weight is 137 g/mol. The highest BCUT2D eigenvalue weighted by atomic mass is 35.5. The van der Waals surface area contributed by atoms with E-state index in [0.29, 0.717) is 0 Å². The summed E-state index contributed by atoms with van der Waals surface area (Å²) >= 11 is 5.18. The van der Waals surface area contributed by atoms with Crippen LogP contribution in [-0.2, 0) is 4.74 Å². The first-order valence-electron chi connectivity index (χ1n) is 2.25. The number of aliphatic hydroxyl groups is 1. The third-order valence-electron chi connectivity index (χ3n) is 0.770. The van der Waals surface area contributed by atoms with Gasteiger partial charge in [0.25, 0.3) is 0 Å². The molecule has 3 heteroatoms. The SMILES string of the molecule is COC(/C=C\Cl)CO. The van der Waals surface area contributed by atoms with Crippen molar-refractivity contribution in [1.82, 2.24) is 0 Å². The second kappa shape index (κ2) is 5.09. The Morgan fingerprint density at radius 2 is 2.50 bits per heavy atom. The first-order valence-corrected chi connectivity index (χ1v) is 2.69. The zero-order valence-corrected chi connectivity index (χ0v) is 5.43. The number of methoxy groups -OCH3 is 1. The fraction of sp³-hybridized carbons (Fsp3) is 0.600. The molecule has 1 unspecified atom stereocenters. The second-order valence-corrected chi connectivity index (χ2v) is 1.53. The molecule has 0 saturated carbocycles. The molecule has 0 bridgehead atoms. The summed E-state index contributed by atoms with van der Waals surface area (Å²) < 4.78 is 4.72. The molecule has 1 N–H and O–H groups in total. The van der Waals surface area contributed by atoms with E-state index in [2.05, 4.69) is 0 Å². The van der Waals surface area contributed by atoms with Crippen molar-refractivity contribution >= 4 is 11.6 Å². The third kappa shape index (κ3) is 3.02. The lowest BCUT2D eigenvalue weighted by atomic mass is 10.4. The first-order chi connectivity index (χ1) is 3.85. The minimum atomic E-state index is -0.257. The van der Waals surface area contributed by atoms with E-state index < -0.39 is 0 Å². The summed E-state index contributed by atoms with van der Waals surface area (Å²) in [5.74, 6) is 0. The van der Waals surface area contributed by atoms with Crippen LogP contribution < -0.4 is 0 Å². The van der Waals surface area contributed by atoms with Gasteiger partial charge in [-0.05, 0) is 6.08 Å². The van der Waals surface area contributed by atoms with Crippen molar-refractivity contribution in [3.63, 3.8) is 0 Å². The zero-order chi connectivity index (χ0) is 6.41. The number of aliphatic hydroxyl groups excluding tert-OH is 1. The minimum absolute atomic E-state index is 0.0281. The van der Waals surface area contributed by atoms with Crippen LogP contribution in [0.3, 0.4) is 0 Å². The van der Waals surface area contributed by atoms with Gasteiger partial charge < -0.3 is 9.84 Å². The van der Waals surface area contributed by atoms with E-state index in [9.17, 15) is 0 Å². The third-order valence-corrected chi connectivity index (χ3v) is 0.916. The first kappa shape index (κ1) is 7.95. The molecule has 0 aliphatic heterocycles. The van der Waals surface area contributed by atoms with Gasteiger partial charge in [0.2, 0.25) is 0 Å². The van der Waals surface area contributed by atoms with Crippen LogP contribution in [0.4, 0.5) is 0 Å². The van der Waals surface area contributed by atoms with Crippen LogP contribution in [0.15, 0.2) is 11.6 Å². The summed E-state index contributed by atoms with van der Waals surface area (Å²) in [6, 6.07) is 0. The van der Waals surface area contributed by atoms with Crippen LogP contribution in [0.1, 0.15) is 0 Å². The second-order valence-electron chi connectivity index (χ2n) is 1.28. The minimum Gasteiger partial charge on any atom is -0.393 e. The van der Waals surface area contributed by atoms with Gasteiger partial charge in [-0.1, -0.05) is 11.6 Å². The molecule has 0 rings (SSSR count). The highest BCUT2D eigenvalue weighted by Crippen LogP contribution is 1.91. The van der Waals surface area contributed by atoms with Gasteiger partial charge in [-0.2, -0.15) is 0 Å². The Labute approximate surface area is 53.7 Å². The van der Waals surface area contributed by atoms with Crippen molar-refractivity contribution in [3.8, 4) is 0 Å². The maximum Gasteiger partial charge on any atom is 0.0994 e. The van der Waals surface area contributed by atoms with Crippen LogP contribution in [0.5, 0.6) is 0 Å². The van der Waals surface area contributed by atoms with E-state index in [0.717, 1.165) is 0 Å². The molecule has 0 amide bonds. The average Bonchev–Trinajstić information content (AvgIpc) is 1.83. The van der Waals surface area contributed by atoms with Crippen molar-refractivity contribution in [2.75, 3.05) is 13.7 Å². The van der Waals surface area contributed by atoms with Crippen molar-refractivity contribution in [3.05, 3.63) is 11.6 Å². The van der Waals surface area contributed by atoms with Gasteiger partial charge in [0.1, 0.15) is 0 Å². The van der Waals surface area contributed by atoms with Gasteiger partial charge in [-0.3, -0.25) is 0 Å². The summed E-state index contributed by atoms with van der Waals surface area (Å²) in [4.78, 5) is 0. The highest BCUT2D eigenvalue weighted by Gasteiger charge is 1.95. The van der Waals surface area contributed by atoms with Crippen LogP contribution >= 0.6 is 11.6 Å². The predicted octanol–water partition coefficient (Wildman–Crippen LogP) is 0.746. The molecule has 48 valence electrons. The quantitative estimate of drug-likeness (QED) is 0.621. The van der Waals surface area contributed by atoms with E-state index in [1.165, 1.54) is 12.6 Å². The molecular formula is C5H9ClO2. The van der Waals surface area contributed by atoms with Crippen molar-refractivity contribution < 1.29 is 9.84 Å². The van der Waals surface area contributed by atoms with Gasteiger partial charge >= 0.3 is 0 Å². The van der Waals surface area contributed by atoms with Gasteiger partial charge in [0.05, 0.1) is 12.7 Å². The molecule has 0 aromatic heterocycles. The molecule has 0 aromatic rings. The van der Waals surface area contributed by atoms with E-state index in [1.807, 2.05) is 0 Å². The normalized spacial score (nSPS) is 14.9. The molecule has 0 saturated heterocycles. The summed E-state index contributed by atoms with van der Waals surface area (Å²) in [6.07, 6.45) is 1.31. The molecular weight excluding hydrogens is 128 g/mol. The highest BCUT2D eigenvalue weighted by molar-refractivity contribution is 6.25. The Balaban J connectivity index is 3.36. The molecule has 1 atom stereocenters. The standard InChI is InChI=1S/C5H9ClO2/c1-8-5(4-7)2-3-6/h2-3,5,7H,4H2,1H3/b3-2-. The lowest BCUT2D eigenvalue weighted by Crippen LogP contribution is -2.11. The fourth-order valence-electron chi connectivity index (χ4n) is 0.295. The maximum absolute atomic E-state index is 8.42. The maximum atomic E-state index is 8.42. The smallest absolute Gasteiger partial charge is 0.0994 e. The monoisotopic (exact) mass is 136 g/mol. The number of hydrogen-bond donors (Lipinski definition) is 1. The molecule has 0 aliphatic rings. The molecule has 0 aliphatic carbocycles.